The van der Waals surface area contributed by atoms with E-state index in [1.54, 1.807) is 17.0 Å². The maximum Gasteiger partial charge on any atom is 0.305 e. The second kappa shape index (κ2) is 8.15. The number of hydrogen-bond donors (Lipinski definition) is 1. The number of amides is 1. The molecule has 0 bridgehead atoms. The van der Waals surface area contributed by atoms with Crippen LogP contribution in [0.1, 0.15) is 29.3 Å². The van der Waals surface area contributed by atoms with Crippen LogP contribution in [0, 0.1) is 0 Å². The lowest BCUT2D eigenvalue weighted by molar-refractivity contribution is -0.139. The van der Waals surface area contributed by atoms with Gasteiger partial charge in [-0.15, -0.1) is 0 Å². The van der Waals surface area contributed by atoms with E-state index < -0.39 is 5.97 Å². The van der Waals surface area contributed by atoms with Crippen molar-refractivity contribution < 1.29 is 14.7 Å². The molecule has 1 amide bonds. The van der Waals surface area contributed by atoms with Crippen molar-refractivity contribution in [1.29, 1.82) is 0 Å². The summed E-state index contributed by atoms with van der Waals surface area (Å²) in [6.07, 6.45) is 0.0236. The van der Waals surface area contributed by atoms with Gasteiger partial charge >= 0.3 is 5.97 Å². The molecule has 0 unspecified atom stereocenters. The first kappa shape index (κ1) is 18.1. The first-order chi connectivity index (χ1) is 12.5. The lowest BCUT2D eigenvalue weighted by atomic mass is 10.0. The van der Waals surface area contributed by atoms with Crippen LogP contribution >= 0.6 is 0 Å². The number of nitrogens with zero attached hydrogens (tertiary/aromatic N) is 2. The molecule has 3 rings (SSSR count). The molecule has 0 saturated carbocycles. The minimum atomic E-state index is -0.839. The van der Waals surface area contributed by atoms with E-state index in [0.29, 0.717) is 25.2 Å². The number of carboxylic acid groups (broad SMARTS) is 1. The van der Waals surface area contributed by atoms with Gasteiger partial charge in [-0.2, -0.15) is 0 Å². The Balaban J connectivity index is 1.78. The van der Waals surface area contributed by atoms with E-state index in [9.17, 15) is 14.7 Å². The standard InChI is InChI=1S/C21H24N2O3/c1-16-13-22(21(26)18-10-6-3-7-11-18)15-19(12-20(24)25)23(16)14-17-8-4-2-5-9-17/h2-11,16,19H,12-15H2,1H3,(H,24,25)/t16-,19+/m1/s1. The number of aliphatic carboxylic acids is 1. The average Bonchev–Trinajstić information content (AvgIpc) is 2.65. The molecule has 26 heavy (non-hydrogen) atoms. The minimum Gasteiger partial charge on any atom is -0.481 e. The quantitative estimate of drug-likeness (QED) is 0.899. The summed E-state index contributed by atoms with van der Waals surface area (Å²) in [5.74, 6) is -0.874. The molecular formula is C21H24N2O3. The van der Waals surface area contributed by atoms with E-state index in [1.165, 1.54) is 0 Å². The van der Waals surface area contributed by atoms with Gasteiger partial charge in [0.25, 0.3) is 5.91 Å². The highest BCUT2D eigenvalue weighted by Crippen LogP contribution is 2.23. The van der Waals surface area contributed by atoms with Crippen LogP contribution in [0.5, 0.6) is 0 Å². The van der Waals surface area contributed by atoms with Crippen LogP contribution in [0.4, 0.5) is 0 Å². The maximum absolute atomic E-state index is 12.8. The molecule has 2 aromatic carbocycles. The third-order valence-corrected chi connectivity index (χ3v) is 4.88. The molecule has 1 N–H and O–H groups in total. The Morgan fingerprint density at radius 3 is 2.23 bits per heavy atom. The van der Waals surface area contributed by atoms with Crippen LogP contribution < -0.4 is 0 Å². The van der Waals surface area contributed by atoms with Crippen molar-refractivity contribution in [2.75, 3.05) is 13.1 Å². The fourth-order valence-corrected chi connectivity index (χ4v) is 3.61. The smallest absolute Gasteiger partial charge is 0.305 e. The number of carboxylic acids is 1. The van der Waals surface area contributed by atoms with Crippen molar-refractivity contribution in [1.82, 2.24) is 9.80 Å². The summed E-state index contributed by atoms with van der Waals surface area (Å²) >= 11 is 0. The Hall–Kier alpha value is -2.66. The normalized spacial score (nSPS) is 20.7. The molecule has 5 nitrogen and oxygen atoms in total. The number of hydrogen-bond acceptors (Lipinski definition) is 3. The van der Waals surface area contributed by atoms with E-state index in [0.717, 1.165) is 5.56 Å². The Morgan fingerprint density at radius 2 is 1.62 bits per heavy atom. The lowest BCUT2D eigenvalue weighted by Crippen LogP contribution is -2.59. The molecule has 1 saturated heterocycles. The molecule has 0 aromatic heterocycles. The van der Waals surface area contributed by atoms with Crippen LogP contribution in [-0.2, 0) is 11.3 Å². The van der Waals surface area contributed by atoms with Crippen LogP contribution in [0.15, 0.2) is 60.7 Å². The minimum absolute atomic E-state index is 0.0236. The molecule has 0 spiro atoms. The zero-order chi connectivity index (χ0) is 18.5. The van der Waals surface area contributed by atoms with E-state index in [4.69, 9.17) is 0 Å². The predicted molar refractivity (Wildman–Crippen MR) is 99.8 cm³/mol. The molecular weight excluding hydrogens is 328 g/mol. The average molecular weight is 352 g/mol. The van der Waals surface area contributed by atoms with Gasteiger partial charge in [0, 0.05) is 37.3 Å². The molecule has 1 fully saturated rings. The third kappa shape index (κ3) is 4.29. The molecule has 2 atom stereocenters. The summed E-state index contributed by atoms with van der Waals surface area (Å²) < 4.78 is 0. The first-order valence-electron chi connectivity index (χ1n) is 8.90. The highest BCUT2D eigenvalue weighted by molar-refractivity contribution is 5.94. The molecule has 5 heteroatoms. The third-order valence-electron chi connectivity index (χ3n) is 4.88. The van der Waals surface area contributed by atoms with Crippen molar-refractivity contribution in [3.63, 3.8) is 0 Å². The van der Waals surface area contributed by atoms with E-state index in [2.05, 4.69) is 11.8 Å². The highest BCUT2D eigenvalue weighted by atomic mass is 16.4. The molecule has 1 heterocycles. The topological polar surface area (TPSA) is 60.9 Å². The fraction of sp³-hybridized carbons (Fsp3) is 0.333. The Kier molecular flexibility index (Phi) is 5.68. The molecule has 2 aromatic rings. The van der Waals surface area contributed by atoms with Crippen LogP contribution in [-0.4, -0.2) is 52.0 Å². The summed E-state index contributed by atoms with van der Waals surface area (Å²) in [5.41, 5.74) is 1.79. The maximum atomic E-state index is 12.8. The summed E-state index contributed by atoms with van der Waals surface area (Å²) in [6, 6.07) is 19.1. The second-order valence-electron chi connectivity index (χ2n) is 6.83. The largest absolute Gasteiger partial charge is 0.481 e. The van der Waals surface area contributed by atoms with E-state index >= 15 is 0 Å². The van der Waals surface area contributed by atoms with Gasteiger partial charge in [0.1, 0.15) is 0 Å². The van der Waals surface area contributed by atoms with E-state index in [1.807, 2.05) is 48.5 Å². The van der Waals surface area contributed by atoms with Crippen LogP contribution in [0.25, 0.3) is 0 Å². The van der Waals surface area contributed by atoms with Crippen molar-refractivity contribution in [3.8, 4) is 0 Å². The monoisotopic (exact) mass is 352 g/mol. The first-order valence-corrected chi connectivity index (χ1v) is 8.90. The Labute approximate surface area is 153 Å². The highest BCUT2D eigenvalue weighted by Gasteiger charge is 2.35. The summed E-state index contributed by atoms with van der Waals surface area (Å²) in [5, 5.41) is 9.35. The zero-order valence-corrected chi connectivity index (χ0v) is 14.9. The van der Waals surface area contributed by atoms with Gasteiger partial charge in [-0.05, 0) is 24.6 Å². The number of benzene rings is 2. The van der Waals surface area contributed by atoms with Gasteiger partial charge in [0.15, 0.2) is 0 Å². The summed E-state index contributed by atoms with van der Waals surface area (Å²) in [4.78, 5) is 28.2. The Morgan fingerprint density at radius 1 is 1.00 bits per heavy atom. The fourth-order valence-electron chi connectivity index (χ4n) is 3.61. The molecule has 0 radical (unpaired) electrons. The molecule has 1 aliphatic heterocycles. The zero-order valence-electron chi connectivity index (χ0n) is 14.9. The van der Waals surface area contributed by atoms with Crippen molar-refractivity contribution in [2.45, 2.75) is 32.0 Å². The van der Waals surface area contributed by atoms with Crippen molar-refractivity contribution >= 4 is 11.9 Å². The Bertz CT molecular complexity index is 748. The van der Waals surface area contributed by atoms with Crippen LogP contribution in [0.2, 0.25) is 0 Å². The summed E-state index contributed by atoms with van der Waals surface area (Å²) in [7, 11) is 0. The number of carbonyl (C=O) groups is 2. The van der Waals surface area contributed by atoms with Crippen molar-refractivity contribution in [2.24, 2.45) is 0 Å². The molecule has 136 valence electrons. The number of rotatable bonds is 5. The van der Waals surface area contributed by atoms with Gasteiger partial charge in [-0.3, -0.25) is 14.5 Å². The van der Waals surface area contributed by atoms with Gasteiger partial charge in [-0.25, -0.2) is 0 Å². The number of piperazine rings is 1. The van der Waals surface area contributed by atoms with Gasteiger partial charge < -0.3 is 10.0 Å². The second-order valence-corrected chi connectivity index (χ2v) is 6.83. The number of carbonyl (C=O) groups excluding carboxylic acids is 1. The van der Waals surface area contributed by atoms with Crippen LogP contribution in [0.3, 0.4) is 0 Å². The summed E-state index contributed by atoms with van der Waals surface area (Å²) in [6.45, 7) is 3.77. The van der Waals surface area contributed by atoms with Gasteiger partial charge in [0.05, 0.1) is 6.42 Å². The predicted octanol–water partition coefficient (Wildman–Crippen LogP) is 2.88. The molecule has 1 aliphatic rings. The van der Waals surface area contributed by atoms with Gasteiger partial charge in [0.2, 0.25) is 0 Å². The van der Waals surface area contributed by atoms with Crippen molar-refractivity contribution in [3.05, 3.63) is 71.8 Å². The SMILES string of the molecule is C[C@@H]1CN(C(=O)c2ccccc2)C[C@H](CC(=O)O)N1Cc1ccccc1. The lowest BCUT2D eigenvalue weighted by Gasteiger charge is -2.45. The molecule has 0 aliphatic carbocycles. The van der Waals surface area contributed by atoms with E-state index in [-0.39, 0.29) is 24.4 Å². The van der Waals surface area contributed by atoms with Gasteiger partial charge in [-0.1, -0.05) is 48.5 Å².